The average Bonchev–Trinajstić information content (AvgIpc) is 3.18. The lowest BCUT2D eigenvalue weighted by molar-refractivity contribution is -0.132. The molecule has 0 bridgehead atoms. The molecule has 2 aromatic heterocycles. The van der Waals surface area contributed by atoms with Crippen LogP contribution in [0.2, 0.25) is 0 Å². The smallest absolute Gasteiger partial charge is 0.246 e. The van der Waals surface area contributed by atoms with Crippen molar-refractivity contribution >= 4 is 11.7 Å². The highest BCUT2D eigenvalue weighted by molar-refractivity contribution is 5.76. The van der Waals surface area contributed by atoms with Crippen LogP contribution in [-0.4, -0.2) is 67.2 Å². The molecule has 0 atom stereocenters. The number of carbonyl (C=O) groups is 1. The summed E-state index contributed by atoms with van der Waals surface area (Å²) in [5.41, 5.74) is 0.646. The third kappa shape index (κ3) is 3.89. The number of tetrazole rings is 1. The van der Waals surface area contributed by atoms with Crippen LogP contribution in [0.25, 0.3) is 11.4 Å². The lowest BCUT2D eigenvalue weighted by Crippen LogP contribution is -2.50. The summed E-state index contributed by atoms with van der Waals surface area (Å²) in [6.07, 6.45) is 5.00. The van der Waals surface area contributed by atoms with Crippen LogP contribution in [0, 0.1) is 5.82 Å². The molecule has 9 nitrogen and oxygen atoms in total. The first kappa shape index (κ1) is 17.0. The number of piperazine rings is 1. The van der Waals surface area contributed by atoms with Crippen LogP contribution >= 0.6 is 0 Å². The van der Waals surface area contributed by atoms with E-state index in [1.54, 1.807) is 35.6 Å². The number of amides is 1. The van der Waals surface area contributed by atoms with Gasteiger partial charge >= 0.3 is 0 Å². The van der Waals surface area contributed by atoms with Gasteiger partial charge in [-0.2, -0.15) is 4.80 Å². The van der Waals surface area contributed by atoms with Crippen molar-refractivity contribution in [3.63, 3.8) is 0 Å². The van der Waals surface area contributed by atoms with Gasteiger partial charge in [-0.3, -0.25) is 9.78 Å². The van der Waals surface area contributed by atoms with Gasteiger partial charge in [0.1, 0.15) is 18.2 Å². The maximum Gasteiger partial charge on any atom is 0.246 e. The molecule has 1 amide bonds. The molecule has 0 unspecified atom stereocenters. The fraction of sp³-hybridized carbons (Fsp3) is 0.294. The van der Waals surface area contributed by atoms with Crippen molar-refractivity contribution < 1.29 is 9.18 Å². The zero-order chi connectivity index (χ0) is 18.6. The highest BCUT2D eigenvalue weighted by Gasteiger charge is 2.22. The minimum Gasteiger partial charge on any atom is -0.352 e. The van der Waals surface area contributed by atoms with Crippen molar-refractivity contribution in [2.24, 2.45) is 0 Å². The second-order valence-corrected chi connectivity index (χ2v) is 6.08. The molecule has 27 heavy (non-hydrogen) atoms. The van der Waals surface area contributed by atoms with Crippen LogP contribution in [0.1, 0.15) is 0 Å². The van der Waals surface area contributed by atoms with Crippen LogP contribution in [0.3, 0.4) is 0 Å². The van der Waals surface area contributed by atoms with Gasteiger partial charge in [0, 0.05) is 44.1 Å². The van der Waals surface area contributed by atoms with Crippen molar-refractivity contribution in [1.29, 1.82) is 0 Å². The molecule has 1 aliphatic rings. The summed E-state index contributed by atoms with van der Waals surface area (Å²) in [4.78, 5) is 26.0. The molecule has 3 aromatic rings. The van der Waals surface area contributed by atoms with Gasteiger partial charge in [0.2, 0.25) is 11.7 Å². The fourth-order valence-corrected chi connectivity index (χ4v) is 2.89. The fourth-order valence-electron chi connectivity index (χ4n) is 2.89. The molecular weight excluding hydrogens is 351 g/mol. The van der Waals surface area contributed by atoms with Gasteiger partial charge in [0.05, 0.1) is 6.20 Å². The first-order chi connectivity index (χ1) is 13.2. The zero-order valence-corrected chi connectivity index (χ0v) is 14.4. The summed E-state index contributed by atoms with van der Waals surface area (Å²) in [6.45, 7) is 2.58. The van der Waals surface area contributed by atoms with E-state index in [0.717, 1.165) is 5.82 Å². The third-order valence-corrected chi connectivity index (χ3v) is 4.34. The second kappa shape index (κ2) is 7.44. The molecule has 0 N–H and O–H groups in total. The van der Waals surface area contributed by atoms with Gasteiger partial charge in [0.25, 0.3) is 0 Å². The molecule has 1 saturated heterocycles. The van der Waals surface area contributed by atoms with E-state index in [1.165, 1.54) is 16.9 Å². The number of carbonyl (C=O) groups excluding carboxylic acids is 1. The van der Waals surface area contributed by atoms with E-state index < -0.39 is 0 Å². The molecule has 10 heteroatoms. The van der Waals surface area contributed by atoms with Crippen molar-refractivity contribution in [1.82, 2.24) is 35.1 Å². The zero-order valence-electron chi connectivity index (χ0n) is 14.4. The van der Waals surface area contributed by atoms with Crippen molar-refractivity contribution in [2.75, 3.05) is 31.1 Å². The summed E-state index contributed by atoms with van der Waals surface area (Å²) in [7, 11) is 0. The van der Waals surface area contributed by atoms with E-state index in [9.17, 15) is 9.18 Å². The third-order valence-electron chi connectivity index (χ3n) is 4.34. The lowest BCUT2D eigenvalue weighted by atomic mass is 10.2. The van der Waals surface area contributed by atoms with E-state index in [0.29, 0.717) is 37.6 Å². The van der Waals surface area contributed by atoms with Gasteiger partial charge in [0.15, 0.2) is 0 Å². The van der Waals surface area contributed by atoms with E-state index in [4.69, 9.17) is 0 Å². The van der Waals surface area contributed by atoms with Gasteiger partial charge in [-0.05, 0) is 29.5 Å². The average molecular weight is 368 g/mol. The van der Waals surface area contributed by atoms with E-state index in [2.05, 4.69) is 30.3 Å². The first-order valence-corrected chi connectivity index (χ1v) is 8.51. The Labute approximate surface area is 154 Å². The Morgan fingerprint density at radius 3 is 2.56 bits per heavy atom. The number of benzene rings is 1. The quantitative estimate of drug-likeness (QED) is 0.666. The molecule has 0 spiro atoms. The molecular formula is C17H17FN8O. The Morgan fingerprint density at radius 2 is 1.85 bits per heavy atom. The summed E-state index contributed by atoms with van der Waals surface area (Å²) in [5, 5.41) is 12.1. The number of hydrogen-bond donors (Lipinski definition) is 0. The highest BCUT2D eigenvalue weighted by Crippen LogP contribution is 2.14. The topological polar surface area (TPSA) is 92.9 Å². The highest BCUT2D eigenvalue weighted by atomic mass is 19.1. The van der Waals surface area contributed by atoms with E-state index in [-0.39, 0.29) is 18.3 Å². The minimum atomic E-state index is -0.332. The van der Waals surface area contributed by atoms with Crippen molar-refractivity contribution in [3.05, 3.63) is 48.7 Å². The summed E-state index contributed by atoms with van der Waals surface area (Å²) < 4.78 is 13.0. The number of rotatable bonds is 4. The summed E-state index contributed by atoms with van der Waals surface area (Å²) in [5.74, 6) is 0.764. The van der Waals surface area contributed by atoms with E-state index in [1.807, 2.05) is 0 Å². The summed E-state index contributed by atoms with van der Waals surface area (Å²) in [6, 6.07) is 5.81. The molecule has 0 radical (unpaired) electrons. The summed E-state index contributed by atoms with van der Waals surface area (Å²) >= 11 is 0. The maximum atomic E-state index is 13.0. The number of halogens is 1. The van der Waals surface area contributed by atoms with Crippen molar-refractivity contribution in [2.45, 2.75) is 6.54 Å². The number of nitrogens with zero attached hydrogens (tertiary/aromatic N) is 8. The molecule has 3 heterocycles. The van der Waals surface area contributed by atoms with Crippen LogP contribution < -0.4 is 4.90 Å². The number of aromatic nitrogens is 6. The Hall–Kier alpha value is -3.43. The molecule has 138 valence electrons. The molecule has 0 saturated carbocycles. The standard InChI is InChI=1S/C17H17FN8O/c18-14-3-1-13(2-4-14)17-21-23-26(22-17)12-16(27)25-9-7-24(8-10-25)15-11-19-5-6-20-15/h1-6,11H,7-10,12H2. The maximum absolute atomic E-state index is 13.0. The first-order valence-electron chi connectivity index (χ1n) is 8.51. The number of hydrogen-bond acceptors (Lipinski definition) is 7. The van der Waals surface area contributed by atoms with Gasteiger partial charge in [-0.15, -0.1) is 10.2 Å². The van der Waals surface area contributed by atoms with Crippen LogP contribution in [0.5, 0.6) is 0 Å². The van der Waals surface area contributed by atoms with Gasteiger partial charge in [-0.25, -0.2) is 9.37 Å². The second-order valence-electron chi connectivity index (χ2n) is 6.08. The predicted molar refractivity (Wildman–Crippen MR) is 94.0 cm³/mol. The van der Waals surface area contributed by atoms with Crippen molar-refractivity contribution in [3.8, 4) is 11.4 Å². The Bertz CT molecular complexity index is 906. The Kier molecular flexibility index (Phi) is 4.69. The molecule has 1 aromatic carbocycles. The Morgan fingerprint density at radius 1 is 1.07 bits per heavy atom. The monoisotopic (exact) mass is 368 g/mol. The van der Waals surface area contributed by atoms with Crippen LogP contribution in [0.15, 0.2) is 42.9 Å². The van der Waals surface area contributed by atoms with Gasteiger partial charge in [-0.1, -0.05) is 0 Å². The lowest BCUT2D eigenvalue weighted by Gasteiger charge is -2.35. The largest absolute Gasteiger partial charge is 0.352 e. The number of anilines is 1. The molecule has 4 rings (SSSR count). The normalized spacial score (nSPS) is 14.4. The Balaban J connectivity index is 1.34. The SMILES string of the molecule is O=C(Cn1nnc(-c2ccc(F)cc2)n1)N1CCN(c2cnccn2)CC1. The van der Waals surface area contributed by atoms with Crippen LogP contribution in [0.4, 0.5) is 10.2 Å². The van der Waals surface area contributed by atoms with Crippen LogP contribution in [-0.2, 0) is 11.3 Å². The predicted octanol–water partition coefficient (Wildman–Crippen LogP) is 0.618. The molecule has 0 aliphatic carbocycles. The minimum absolute atomic E-state index is 0.0132. The molecule has 1 aliphatic heterocycles. The van der Waals surface area contributed by atoms with Gasteiger partial charge < -0.3 is 9.80 Å². The van der Waals surface area contributed by atoms with E-state index >= 15 is 0 Å². The molecule has 1 fully saturated rings.